The molecule has 1 heterocycles. The smallest absolute Gasteiger partial charge is 0.241 e. The van der Waals surface area contributed by atoms with E-state index in [1.807, 2.05) is 6.92 Å². The molecular weight excluding hydrogens is 290 g/mol. The molecule has 1 aromatic carbocycles. The number of rotatable bonds is 4. The lowest BCUT2D eigenvalue weighted by Crippen LogP contribution is -2.47. The van der Waals surface area contributed by atoms with Crippen molar-refractivity contribution in [3.05, 3.63) is 23.2 Å². The minimum atomic E-state index is -0.240. The molecule has 0 radical (unpaired) electrons. The fourth-order valence-electron chi connectivity index (χ4n) is 2.63. The number of aliphatic hydroxyl groups excluding tert-OH is 1. The molecule has 2 unspecified atom stereocenters. The summed E-state index contributed by atoms with van der Waals surface area (Å²) in [5.41, 5.74) is 6.82. The van der Waals surface area contributed by atoms with E-state index >= 15 is 0 Å². The quantitative estimate of drug-likeness (QED) is 0.743. The Bertz CT molecular complexity index is 510. The van der Waals surface area contributed by atoms with Crippen LogP contribution >= 0.6 is 11.6 Å². The molecule has 1 amide bonds. The van der Waals surface area contributed by atoms with Gasteiger partial charge in [0.25, 0.3) is 0 Å². The third-order valence-corrected chi connectivity index (χ3v) is 4.34. The van der Waals surface area contributed by atoms with Crippen LogP contribution in [0.25, 0.3) is 0 Å². The molecule has 1 aliphatic rings. The molecule has 4 N–H and O–H groups in total. The Labute approximate surface area is 130 Å². The minimum absolute atomic E-state index is 0.0738. The number of hydrogen-bond donors (Lipinski definition) is 3. The fourth-order valence-corrected chi connectivity index (χ4v) is 2.75. The van der Waals surface area contributed by atoms with Crippen molar-refractivity contribution >= 4 is 28.9 Å². The first-order valence-electron chi connectivity index (χ1n) is 7.22. The van der Waals surface area contributed by atoms with Crippen molar-refractivity contribution in [2.45, 2.75) is 25.8 Å². The van der Waals surface area contributed by atoms with Gasteiger partial charge in [0.2, 0.25) is 5.91 Å². The zero-order valence-electron chi connectivity index (χ0n) is 12.2. The molecule has 1 aliphatic heterocycles. The molecule has 0 spiro atoms. The van der Waals surface area contributed by atoms with Crippen LogP contribution in [-0.2, 0) is 4.79 Å². The van der Waals surface area contributed by atoms with Crippen molar-refractivity contribution in [1.29, 1.82) is 0 Å². The van der Waals surface area contributed by atoms with Gasteiger partial charge in [0.05, 0.1) is 16.8 Å². The van der Waals surface area contributed by atoms with E-state index in [1.54, 1.807) is 18.2 Å². The zero-order valence-corrected chi connectivity index (χ0v) is 12.9. The van der Waals surface area contributed by atoms with Crippen molar-refractivity contribution < 1.29 is 9.90 Å². The number of anilines is 2. The summed E-state index contributed by atoms with van der Waals surface area (Å²) in [5.74, 6) is 0.190. The highest BCUT2D eigenvalue weighted by Crippen LogP contribution is 2.23. The van der Waals surface area contributed by atoms with Gasteiger partial charge in [-0.25, -0.2) is 0 Å². The van der Waals surface area contributed by atoms with E-state index in [1.165, 1.54) is 0 Å². The number of carbonyl (C=O) groups is 1. The first kappa shape index (κ1) is 16.1. The number of nitrogens with one attached hydrogen (secondary N) is 1. The molecule has 21 heavy (non-hydrogen) atoms. The Balaban J connectivity index is 1.97. The Morgan fingerprint density at radius 3 is 3.05 bits per heavy atom. The van der Waals surface area contributed by atoms with Gasteiger partial charge in [-0.2, -0.15) is 0 Å². The molecule has 0 bridgehead atoms. The lowest BCUT2D eigenvalue weighted by molar-refractivity contribution is -0.121. The van der Waals surface area contributed by atoms with Gasteiger partial charge in [0.1, 0.15) is 0 Å². The lowest BCUT2D eigenvalue weighted by Gasteiger charge is -2.35. The average Bonchev–Trinajstić information content (AvgIpc) is 2.50. The van der Waals surface area contributed by atoms with Gasteiger partial charge in [0, 0.05) is 18.8 Å². The van der Waals surface area contributed by atoms with Crippen LogP contribution < -0.4 is 11.1 Å². The Hall–Kier alpha value is -1.30. The van der Waals surface area contributed by atoms with Crippen LogP contribution in [0.1, 0.15) is 19.8 Å². The number of hydrogen-bond acceptors (Lipinski definition) is 4. The summed E-state index contributed by atoms with van der Waals surface area (Å²) in [4.78, 5) is 14.4. The van der Waals surface area contributed by atoms with E-state index in [4.69, 9.17) is 17.3 Å². The van der Waals surface area contributed by atoms with E-state index in [0.29, 0.717) is 16.4 Å². The van der Waals surface area contributed by atoms with Crippen molar-refractivity contribution in [2.24, 2.45) is 5.92 Å². The SMILES string of the molecule is CC(C(=O)Nc1ccc(Cl)c(N)c1)N1CCCC(CO)C1. The molecule has 1 saturated heterocycles. The second-order valence-corrected chi connectivity index (χ2v) is 5.99. The molecule has 116 valence electrons. The van der Waals surface area contributed by atoms with E-state index in [-0.39, 0.29) is 24.5 Å². The third-order valence-electron chi connectivity index (χ3n) is 4.00. The molecule has 0 saturated carbocycles. The number of likely N-dealkylation sites (tertiary alicyclic amines) is 1. The number of amides is 1. The van der Waals surface area contributed by atoms with E-state index in [9.17, 15) is 9.90 Å². The predicted octanol–water partition coefficient (Wildman–Crippen LogP) is 1.95. The van der Waals surface area contributed by atoms with Gasteiger partial charge in [-0.05, 0) is 50.4 Å². The van der Waals surface area contributed by atoms with E-state index < -0.39 is 0 Å². The second-order valence-electron chi connectivity index (χ2n) is 5.59. The normalized spacial score (nSPS) is 21.0. The summed E-state index contributed by atoms with van der Waals surface area (Å²) < 4.78 is 0. The largest absolute Gasteiger partial charge is 0.397 e. The molecule has 0 aliphatic carbocycles. The van der Waals surface area contributed by atoms with Gasteiger partial charge >= 0.3 is 0 Å². The highest BCUT2D eigenvalue weighted by atomic mass is 35.5. The fraction of sp³-hybridized carbons (Fsp3) is 0.533. The molecule has 5 nitrogen and oxygen atoms in total. The zero-order chi connectivity index (χ0) is 15.4. The molecule has 1 fully saturated rings. The van der Waals surface area contributed by atoms with Gasteiger partial charge < -0.3 is 16.2 Å². The summed E-state index contributed by atoms with van der Waals surface area (Å²) >= 11 is 5.86. The van der Waals surface area contributed by atoms with Gasteiger partial charge in [0.15, 0.2) is 0 Å². The molecule has 2 atom stereocenters. The number of nitrogen functional groups attached to an aromatic ring is 1. The van der Waals surface area contributed by atoms with Crippen molar-refractivity contribution in [3.8, 4) is 0 Å². The number of nitrogens with zero attached hydrogens (tertiary/aromatic N) is 1. The van der Waals surface area contributed by atoms with Gasteiger partial charge in [-0.15, -0.1) is 0 Å². The topological polar surface area (TPSA) is 78.6 Å². The average molecular weight is 312 g/mol. The third kappa shape index (κ3) is 4.09. The van der Waals surface area contributed by atoms with Crippen molar-refractivity contribution in [1.82, 2.24) is 4.90 Å². The van der Waals surface area contributed by atoms with Crippen LogP contribution in [0.5, 0.6) is 0 Å². The Morgan fingerprint density at radius 2 is 2.38 bits per heavy atom. The second kappa shape index (κ2) is 7.11. The van der Waals surface area contributed by atoms with Crippen LogP contribution in [0.3, 0.4) is 0 Å². The lowest BCUT2D eigenvalue weighted by atomic mass is 9.97. The highest BCUT2D eigenvalue weighted by Gasteiger charge is 2.27. The van der Waals surface area contributed by atoms with Crippen LogP contribution in [0.15, 0.2) is 18.2 Å². The number of aliphatic hydroxyl groups is 1. The number of halogens is 1. The maximum Gasteiger partial charge on any atom is 0.241 e. The number of benzene rings is 1. The monoisotopic (exact) mass is 311 g/mol. The van der Waals surface area contributed by atoms with Crippen LogP contribution in [-0.4, -0.2) is 41.7 Å². The molecule has 1 aromatic rings. The first-order valence-corrected chi connectivity index (χ1v) is 7.60. The van der Waals surface area contributed by atoms with E-state index in [2.05, 4.69) is 10.2 Å². The molecule has 6 heteroatoms. The van der Waals surface area contributed by atoms with Gasteiger partial charge in [-0.1, -0.05) is 11.6 Å². The molecular formula is C15H22ClN3O2. The van der Waals surface area contributed by atoms with Crippen LogP contribution in [0.2, 0.25) is 5.02 Å². The number of piperidine rings is 1. The van der Waals surface area contributed by atoms with E-state index in [0.717, 1.165) is 25.9 Å². The maximum absolute atomic E-state index is 12.3. The van der Waals surface area contributed by atoms with Crippen LogP contribution in [0.4, 0.5) is 11.4 Å². The molecule has 2 rings (SSSR count). The Morgan fingerprint density at radius 1 is 1.62 bits per heavy atom. The van der Waals surface area contributed by atoms with Crippen molar-refractivity contribution in [3.63, 3.8) is 0 Å². The summed E-state index contributed by atoms with van der Waals surface area (Å²) in [6.07, 6.45) is 2.03. The van der Waals surface area contributed by atoms with Crippen molar-refractivity contribution in [2.75, 3.05) is 30.7 Å². The standard InChI is InChI=1S/C15H22ClN3O2/c1-10(19-6-2-3-11(8-19)9-20)15(21)18-12-4-5-13(16)14(17)7-12/h4-5,7,10-11,20H,2-3,6,8-9,17H2,1H3,(H,18,21). The summed E-state index contributed by atoms with van der Waals surface area (Å²) in [6, 6.07) is 4.81. The molecule has 0 aromatic heterocycles. The minimum Gasteiger partial charge on any atom is -0.397 e. The highest BCUT2D eigenvalue weighted by molar-refractivity contribution is 6.33. The number of nitrogens with two attached hydrogens (primary N) is 1. The summed E-state index contributed by atoms with van der Waals surface area (Å²) in [7, 11) is 0. The predicted molar refractivity (Wildman–Crippen MR) is 85.3 cm³/mol. The first-order chi connectivity index (χ1) is 10.0. The van der Waals surface area contributed by atoms with Gasteiger partial charge in [-0.3, -0.25) is 9.69 Å². The summed E-state index contributed by atoms with van der Waals surface area (Å²) in [6.45, 7) is 3.70. The Kier molecular flexibility index (Phi) is 5.45. The number of carbonyl (C=O) groups excluding carboxylic acids is 1. The maximum atomic E-state index is 12.3. The summed E-state index contributed by atoms with van der Waals surface area (Å²) in [5, 5.41) is 12.6. The van der Waals surface area contributed by atoms with Crippen LogP contribution in [0, 0.1) is 5.92 Å².